The molecule has 6 nitrogen and oxygen atoms in total. The van der Waals surface area contributed by atoms with Crippen molar-refractivity contribution in [2.24, 2.45) is 0 Å². The Hall–Kier alpha value is -1.92. The number of carbonyl (C=O) groups is 2. The third-order valence-electron chi connectivity index (χ3n) is 5.33. The van der Waals surface area contributed by atoms with Crippen LogP contribution in [0, 0.1) is 6.92 Å². The number of hydrogen-bond donors (Lipinski definition) is 0. The van der Waals surface area contributed by atoms with E-state index in [1.165, 1.54) is 0 Å². The normalized spacial score (nSPS) is 21.8. The molecule has 2 fully saturated rings. The Morgan fingerprint density at radius 2 is 1.78 bits per heavy atom. The predicted octanol–water partition coefficient (Wildman–Crippen LogP) is 2.25. The van der Waals surface area contributed by atoms with Gasteiger partial charge in [-0.05, 0) is 45.2 Å². The number of piperazine rings is 1. The van der Waals surface area contributed by atoms with E-state index in [9.17, 15) is 9.59 Å². The molecule has 2 atom stereocenters. The van der Waals surface area contributed by atoms with Gasteiger partial charge >= 0.3 is 0 Å². The number of carbonyl (C=O) groups excluding carboxylic acids is 2. The van der Waals surface area contributed by atoms with Crippen molar-refractivity contribution < 1.29 is 19.1 Å². The van der Waals surface area contributed by atoms with Crippen molar-refractivity contribution in [2.45, 2.75) is 45.3 Å². The Labute approximate surface area is 161 Å². The molecule has 0 aliphatic carbocycles. The van der Waals surface area contributed by atoms with E-state index in [4.69, 9.17) is 9.47 Å². The zero-order chi connectivity index (χ0) is 19.2. The lowest BCUT2D eigenvalue weighted by Crippen LogP contribution is -2.53. The fraction of sp³-hybridized carbons (Fsp3) is 0.619. The number of hydrogen-bond acceptors (Lipinski definition) is 4. The van der Waals surface area contributed by atoms with Gasteiger partial charge in [0.2, 0.25) is 0 Å². The van der Waals surface area contributed by atoms with Crippen LogP contribution in [0.1, 0.15) is 42.1 Å². The molecule has 1 aromatic carbocycles. The molecule has 0 aromatic heterocycles. The maximum Gasteiger partial charge on any atom is 0.253 e. The second kappa shape index (κ2) is 9.33. The largest absolute Gasteiger partial charge is 0.376 e. The SMILES string of the molecule is Cc1ccc(C(=O)N2CCN(C(=O)C(C)OCC3CCCCO3)CC2)cc1. The highest BCUT2D eigenvalue weighted by atomic mass is 16.5. The van der Waals surface area contributed by atoms with Crippen LogP contribution in [-0.2, 0) is 14.3 Å². The summed E-state index contributed by atoms with van der Waals surface area (Å²) in [5.74, 6) is 0.0223. The maximum absolute atomic E-state index is 12.6. The molecule has 2 heterocycles. The van der Waals surface area contributed by atoms with Crippen molar-refractivity contribution in [1.29, 1.82) is 0 Å². The summed E-state index contributed by atoms with van der Waals surface area (Å²) in [6, 6.07) is 7.61. The minimum Gasteiger partial charge on any atom is -0.376 e. The van der Waals surface area contributed by atoms with Gasteiger partial charge in [-0.2, -0.15) is 0 Å². The average molecular weight is 374 g/mol. The quantitative estimate of drug-likeness (QED) is 0.793. The number of nitrogens with zero attached hydrogens (tertiary/aromatic N) is 2. The van der Waals surface area contributed by atoms with Gasteiger partial charge in [0.1, 0.15) is 6.10 Å². The average Bonchev–Trinajstić information content (AvgIpc) is 2.72. The first-order valence-electron chi connectivity index (χ1n) is 9.92. The van der Waals surface area contributed by atoms with Crippen LogP contribution in [0.25, 0.3) is 0 Å². The van der Waals surface area contributed by atoms with Gasteiger partial charge in [-0.1, -0.05) is 17.7 Å². The van der Waals surface area contributed by atoms with Gasteiger partial charge in [-0.25, -0.2) is 0 Å². The van der Waals surface area contributed by atoms with Crippen LogP contribution in [0.5, 0.6) is 0 Å². The zero-order valence-corrected chi connectivity index (χ0v) is 16.4. The van der Waals surface area contributed by atoms with Gasteiger partial charge in [0.05, 0.1) is 12.7 Å². The van der Waals surface area contributed by atoms with E-state index in [0.717, 1.165) is 31.4 Å². The molecular weight excluding hydrogens is 344 g/mol. The predicted molar refractivity (Wildman–Crippen MR) is 103 cm³/mol. The van der Waals surface area contributed by atoms with Crippen molar-refractivity contribution >= 4 is 11.8 Å². The molecular formula is C21H30N2O4. The van der Waals surface area contributed by atoms with Crippen molar-refractivity contribution in [3.8, 4) is 0 Å². The minimum atomic E-state index is -0.477. The van der Waals surface area contributed by atoms with Crippen LogP contribution in [0.2, 0.25) is 0 Å². The topological polar surface area (TPSA) is 59.1 Å². The van der Waals surface area contributed by atoms with Crippen molar-refractivity contribution in [1.82, 2.24) is 9.80 Å². The van der Waals surface area contributed by atoms with Gasteiger partial charge < -0.3 is 19.3 Å². The number of amides is 2. The molecule has 2 aliphatic rings. The highest BCUT2D eigenvalue weighted by Crippen LogP contribution is 2.15. The smallest absolute Gasteiger partial charge is 0.253 e. The highest BCUT2D eigenvalue weighted by molar-refractivity contribution is 5.94. The van der Waals surface area contributed by atoms with E-state index in [1.807, 2.05) is 36.1 Å². The van der Waals surface area contributed by atoms with Crippen LogP contribution in [0.15, 0.2) is 24.3 Å². The number of benzene rings is 1. The highest BCUT2D eigenvalue weighted by Gasteiger charge is 2.28. The second-order valence-corrected chi connectivity index (χ2v) is 7.45. The third-order valence-corrected chi connectivity index (χ3v) is 5.33. The van der Waals surface area contributed by atoms with Gasteiger partial charge in [0.25, 0.3) is 11.8 Å². The zero-order valence-electron chi connectivity index (χ0n) is 16.4. The molecule has 0 saturated carbocycles. The van der Waals surface area contributed by atoms with Crippen molar-refractivity contribution in [3.63, 3.8) is 0 Å². The van der Waals surface area contributed by atoms with Crippen LogP contribution >= 0.6 is 0 Å². The molecule has 148 valence electrons. The van der Waals surface area contributed by atoms with E-state index in [1.54, 1.807) is 11.8 Å². The Balaban J connectivity index is 1.44. The molecule has 27 heavy (non-hydrogen) atoms. The monoisotopic (exact) mass is 374 g/mol. The van der Waals surface area contributed by atoms with Gasteiger partial charge in [-0.15, -0.1) is 0 Å². The number of ether oxygens (including phenoxy) is 2. The molecule has 0 radical (unpaired) electrons. The first-order chi connectivity index (χ1) is 13.0. The Kier molecular flexibility index (Phi) is 6.85. The minimum absolute atomic E-state index is 0.00626. The molecule has 6 heteroatoms. The molecule has 2 unspecified atom stereocenters. The Morgan fingerprint density at radius 1 is 1.11 bits per heavy atom. The summed E-state index contributed by atoms with van der Waals surface area (Å²) in [7, 11) is 0. The van der Waals surface area contributed by atoms with Gasteiger partial charge in [0, 0.05) is 38.3 Å². The van der Waals surface area contributed by atoms with Crippen LogP contribution in [0.4, 0.5) is 0 Å². The molecule has 2 amide bonds. The van der Waals surface area contributed by atoms with E-state index >= 15 is 0 Å². The fourth-order valence-corrected chi connectivity index (χ4v) is 3.53. The molecule has 1 aromatic rings. The van der Waals surface area contributed by atoms with Crippen LogP contribution in [-0.4, -0.2) is 73.2 Å². The van der Waals surface area contributed by atoms with Crippen molar-refractivity contribution in [3.05, 3.63) is 35.4 Å². The third kappa shape index (κ3) is 5.30. The summed E-state index contributed by atoms with van der Waals surface area (Å²) in [6.07, 6.45) is 2.90. The van der Waals surface area contributed by atoms with Crippen molar-refractivity contribution in [2.75, 3.05) is 39.4 Å². The number of aryl methyl sites for hydroxylation is 1. The van der Waals surface area contributed by atoms with E-state index in [2.05, 4.69) is 0 Å². The maximum atomic E-state index is 12.6. The molecule has 2 saturated heterocycles. The van der Waals surface area contributed by atoms with Crippen LogP contribution < -0.4 is 0 Å². The lowest BCUT2D eigenvalue weighted by atomic mass is 10.1. The lowest BCUT2D eigenvalue weighted by molar-refractivity contribution is -0.147. The first kappa shape index (κ1) is 19.8. The van der Waals surface area contributed by atoms with E-state index in [-0.39, 0.29) is 17.9 Å². The number of rotatable bonds is 5. The molecule has 3 rings (SSSR count). The summed E-state index contributed by atoms with van der Waals surface area (Å²) < 4.78 is 11.4. The standard InChI is InChI=1S/C21H30N2O4/c1-16-6-8-18(9-7-16)21(25)23-12-10-22(11-13-23)20(24)17(2)27-15-19-5-3-4-14-26-19/h6-9,17,19H,3-5,10-15H2,1-2H3. The fourth-order valence-electron chi connectivity index (χ4n) is 3.53. The second-order valence-electron chi connectivity index (χ2n) is 7.45. The lowest BCUT2D eigenvalue weighted by Gasteiger charge is -2.36. The Bertz CT molecular complexity index is 632. The van der Waals surface area contributed by atoms with E-state index in [0.29, 0.717) is 38.3 Å². The summed E-state index contributed by atoms with van der Waals surface area (Å²) in [5.41, 5.74) is 1.83. The molecule has 0 bridgehead atoms. The molecule has 2 aliphatic heterocycles. The first-order valence-corrected chi connectivity index (χ1v) is 9.92. The van der Waals surface area contributed by atoms with E-state index < -0.39 is 6.10 Å². The summed E-state index contributed by atoms with van der Waals surface area (Å²) in [6.45, 7) is 7.26. The molecule has 0 spiro atoms. The van der Waals surface area contributed by atoms with Crippen LogP contribution in [0.3, 0.4) is 0 Å². The molecule has 0 N–H and O–H groups in total. The van der Waals surface area contributed by atoms with Gasteiger partial charge in [-0.3, -0.25) is 9.59 Å². The Morgan fingerprint density at radius 3 is 2.41 bits per heavy atom. The summed E-state index contributed by atoms with van der Waals surface area (Å²) >= 11 is 0. The van der Waals surface area contributed by atoms with Gasteiger partial charge in [0.15, 0.2) is 0 Å². The summed E-state index contributed by atoms with van der Waals surface area (Å²) in [4.78, 5) is 28.8. The summed E-state index contributed by atoms with van der Waals surface area (Å²) in [5, 5.41) is 0.